The van der Waals surface area contributed by atoms with E-state index in [1.54, 1.807) is 36.4 Å². The van der Waals surface area contributed by atoms with Gasteiger partial charge in [-0.15, -0.1) is 0 Å². The first-order chi connectivity index (χ1) is 19.8. The van der Waals surface area contributed by atoms with E-state index in [4.69, 9.17) is 14.9 Å². The number of phenols is 1. The molecule has 0 saturated heterocycles. The fourth-order valence-electron chi connectivity index (χ4n) is 4.13. The van der Waals surface area contributed by atoms with Gasteiger partial charge in [-0.25, -0.2) is 0 Å². The lowest BCUT2D eigenvalue weighted by molar-refractivity contribution is -0.144. The van der Waals surface area contributed by atoms with Crippen LogP contribution >= 0.6 is 0 Å². The molecule has 0 fully saturated rings. The standard InChI is InChI=1S/C27H33N3O12/c31-21-5-1-18(2-6-21)19-3-7-22(8-4-19)42-17-20(30(15-26(38)39)16-27(40)41)11-28(12-23(32)33)9-10-29(13-24(34)35)14-25(36)37/h1-8,20,31H,9-17H2,(H,32,33)(H,34,35)(H,36,37)(H,38,39)(H,40,41). The van der Waals surface area contributed by atoms with Crippen molar-refractivity contribution in [1.29, 1.82) is 0 Å². The molecule has 15 heteroatoms. The summed E-state index contributed by atoms with van der Waals surface area (Å²) in [4.78, 5) is 60.4. The highest BCUT2D eigenvalue weighted by molar-refractivity contribution is 5.73. The Labute approximate surface area is 240 Å². The summed E-state index contributed by atoms with van der Waals surface area (Å²) in [5.74, 6) is -5.98. The van der Waals surface area contributed by atoms with Crippen molar-refractivity contribution < 1.29 is 59.3 Å². The molecule has 0 spiro atoms. The molecule has 2 aromatic carbocycles. The Morgan fingerprint density at radius 3 is 1.45 bits per heavy atom. The van der Waals surface area contributed by atoms with Crippen LogP contribution in [0.15, 0.2) is 48.5 Å². The van der Waals surface area contributed by atoms with E-state index in [0.29, 0.717) is 5.75 Å². The van der Waals surface area contributed by atoms with Crippen molar-refractivity contribution >= 4 is 29.8 Å². The summed E-state index contributed by atoms with van der Waals surface area (Å²) >= 11 is 0. The number of benzene rings is 2. The van der Waals surface area contributed by atoms with Crippen LogP contribution in [-0.2, 0) is 24.0 Å². The van der Waals surface area contributed by atoms with Crippen LogP contribution in [0.25, 0.3) is 11.1 Å². The molecule has 1 unspecified atom stereocenters. The molecule has 0 heterocycles. The summed E-state index contributed by atoms with van der Waals surface area (Å²) in [6.45, 7) is -3.84. The minimum atomic E-state index is -1.32. The number of phenolic OH excluding ortho intramolecular Hbond substituents is 1. The highest BCUT2D eigenvalue weighted by Crippen LogP contribution is 2.24. The van der Waals surface area contributed by atoms with Gasteiger partial charge in [0, 0.05) is 19.6 Å². The molecule has 42 heavy (non-hydrogen) atoms. The van der Waals surface area contributed by atoms with E-state index in [2.05, 4.69) is 0 Å². The summed E-state index contributed by atoms with van der Waals surface area (Å²) < 4.78 is 5.85. The molecule has 1 atom stereocenters. The second-order valence-electron chi connectivity index (χ2n) is 9.36. The molecule has 2 rings (SSSR count). The van der Waals surface area contributed by atoms with Gasteiger partial charge in [0.25, 0.3) is 0 Å². The van der Waals surface area contributed by atoms with Crippen LogP contribution in [0.2, 0.25) is 0 Å². The SMILES string of the molecule is O=C(O)CN(CCN(CC(=O)O)CC(COc1ccc(-c2ccc(O)cc2)cc1)N(CC(=O)O)CC(=O)O)CC(=O)O. The molecule has 0 saturated carbocycles. The van der Waals surface area contributed by atoms with Gasteiger partial charge >= 0.3 is 29.8 Å². The number of carboxylic acid groups (broad SMARTS) is 5. The predicted molar refractivity (Wildman–Crippen MR) is 145 cm³/mol. The lowest BCUT2D eigenvalue weighted by Crippen LogP contribution is -2.52. The quantitative estimate of drug-likeness (QED) is 0.120. The van der Waals surface area contributed by atoms with Crippen molar-refractivity contribution in [2.45, 2.75) is 6.04 Å². The average molecular weight is 592 g/mol. The van der Waals surface area contributed by atoms with E-state index in [-0.39, 0.29) is 32.0 Å². The Bertz CT molecular complexity index is 1190. The van der Waals surface area contributed by atoms with Gasteiger partial charge in [0.15, 0.2) is 0 Å². The predicted octanol–water partition coefficient (Wildman–Crippen LogP) is 0.136. The second-order valence-corrected chi connectivity index (χ2v) is 9.36. The minimum absolute atomic E-state index is 0.112. The Morgan fingerprint density at radius 1 is 0.595 bits per heavy atom. The molecule has 6 N–H and O–H groups in total. The monoisotopic (exact) mass is 591 g/mol. The van der Waals surface area contributed by atoms with E-state index in [9.17, 15) is 44.4 Å². The van der Waals surface area contributed by atoms with Crippen LogP contribution < -0.4 is 4.74 Å². The van der Waals surface area contributed by atoms with E-state index in [1.807, 2.05) is 0 Å². The van der Waals surface area contributed by atoms with Crippen molar-refractivity contribution in [1.82, 2.24) is 14.7 Å². The van der Waals surface area contributed by atoms with E-state index in [0.717, 1.165) is 20.9 Å². The van der Waals surface area contributed by atoms with Crippen LogP contribution in [0.3, 0.4) is 0 Å². The van der Waals surface area contributed by atoms with Gasteiger partial charge < -0.3 is 35.4 Å². The molecule has 0 radical (unpaired) electrons. The zero-order valence-electron chi connectivity index (χ0n) is 22.5. The van der Waals surface area contributed by atoms with Gasteiger partial charge in [0.05, 0.1) is 38.8 Å². The number of hydrogen-bond acceptors (Lipinski definition) is 10. The highest BCUT2D eigenvalue weighted by Gasteiger charge is 2.27. The molecule has 0 aliphatic carbocycles. The molecule has 0 aliphatic heterocycles. The smallest absolute Gasteiger partial charge is 0.317 e. The second kappa shape index (κ2) is 16.5. The maximum Gasteiger partial charge on any atom is 0.317 e. The van der Waals surface area contributed by atoms with Crippen molar-refractivity contribution in [2.75, 3.05) is 59.0 Å². The molecule has 0 aliphatic rings. The number of hydrogen-bond donors (Lipinski definition) is 6. The maximum atomic E-state index is 11.6. The third kappa shape index (κ3) is 12.6. The van der Waals surface area contributed by atoms with Crippen molar-refractivity contribution in [3.05, 3.63) is 48.5 Å². The zero-order valence-corrected chi connectivity index (χ0v) is 22.5. The van der Waals surface area contributed by atoms with Gasteiger partial charge in [-0.3, -0.25) is 38.7 Å². The van der Waals surface area contributed by atoms with Gasteiger partial charge in [-0.1, -0.05) is 24.3 Å². The Balaban J connectivity index is 2.25. The van der Waals surface area contributed by atoms with E-state index >= 15 is 0 Å². The first-order valence-corrected chi connectivity index (χ1v) is 12.6. The van der Waals surface area contributed by atoms with Gasteiger partial charge in [0.1, 0.15) is 18.1 Å². The Hall–Kier alpha value is -4.73. The molecule has 0 amide bonds. The summed E-state index contributed by atoms with van der Waals surface area (Å²) in [5.41, 5.74) is 1.65. The number of rotatable bonds is 20. The van der Waals surface area contributed by atoms with Gasteiger partial charge in [-0.05, 0) is 35.4 Å². The summed E-state index contributed by atoms with van der Waals surface area (Å²) in [5, 5.41) is 55.9. The first kappa shape index (κ1) is 33.5. The normalized spacial score (nSPS) is 11.9. The first-order valence-electron chi connectivity index (χ1n) is 12.6. The van der Waals surface area contributed by atoms with Crippen LogP contribution in [-0.4, -0.2) is 140 Å². The molecule has 2 aromatic rings. The third-order valence-electron chi connectivity index (χ3n) is 5.97. The number of carboxylic acids is 5. The summed E-state index contributed by atoms with van der Waals surface area (Å²) in [6, 6.07) is 12.4. The van der Waals surface area contributed by atoms with Crippen molar-refractivity contribution in [2.24, 2.45) is 0 Å². The zero-order chi connectivity index (χ0) is 31.2. The molecule has 228 valence electrons. The largest absolute Gasteiger partial charge is 0.508 e. The average Bonchev–Trinajstić information content (AvgIpc) is 2.88. The van der Waals surface area contributed by atoms with Crippen LogP contribution in [0.1, 0.15) is 0 Å². The fourth-order valence-corrected chi connectivity index (χ4v) is 4.13. The van der Waals surface area contributed by atoms with E-state index < -0.39 is 68.6 Å². The number of aliphatic carboxylic acids is 5. The molecular weight excluding hydrogens is 558 g/mol. The molecular formula is C27H33N3O12. The Morgan fingerprint density at radius 2 is 1.00 bits per heavy atom. The van der Waals surface area contributed by atoms with Crippen molar-refractivity contribution in [3.63, 3.8) is 0 Å². The summed E-state index contributed by atoms with van der Waals surface area (Å²) in [6.07, 6.45) is 0. The van der Waals surface area contributed by atoms with Crippen LogP contribution in [0.5, 0.6) is 11.5 Å². The lowest BCUT2D eigenvalue weighted by Gasteiger charge is -2.34. The number of aromatic hydroxyl groups is 1. The van der Waals surface area contributed by atoms with Crippen molar-refractivity contribution in [3.8, 4) is 22.6 Å². The lowest BCUT2D eigenvalue weighted by atomic mass is 10.1. The van der Waals surface area contributed by atoms with E-state index in [1.165, 1.54) is 17.0 Å². The Kier molecular flexibility index (Phi) is 13.2. The van der Waals surface area contributed by atoms with Crippen LogP contribution in [0.4, 0.5) is 0 Å². The third-order valence-corrected chi connectivity index (χ3v) is 5.97. The number of ether oxygens (including phenoxy) is 1. The number of carbonyl (C=O) groups is 5. The fraction of sp³-hybridized carbons (Fsp3) is 0.370. The molecule has 15 nitrogen and oxygen atoms in total. The van der Waals surface area contributed by atoms with Crippen LogP contribution in [0, 0.1) is 0 Å². The maximum absolute atomic E-state index is 11.6. The van der Waals surface area contributed by atoms with Gasteiger partial charge in [-0.2, -0.15) is 0 Å². The number of nitrogens with zero attached hydrogens (tertiary/aromatic N) is 3. The molecule has 0 bridgehead atoms. The van der Waals surface area contributed by atoms with Gasteiger partial charge in [0.2, 0.25) is 0 Å². The minimum Gasteiger partial charge on any atom is -0.508 e. The highest BCUT2D eigenvalue weighted by atomic mass is 16.5. The topological polar surface area (TPSA) is 226 Å². The molecule has 0 aromatic heterocycles. The summed E-state index contributed by atoms with van der Waals surface area (Å²) in [7, 11) is 0.